The maximum Gasteiger partial charge on any atom is 0.312 e. The number of fused-ring (bicyclic) bond motifs is 1. The molecule has 154 valence electrons. The Kier molecular flexibility index (Phi) is 5.70. The number of aromatic nitrogens is 1. The highest BCUT2D eigenvalue weighted by molar-refractivity contribution is 6.34. The molecule has 2 amide bonds. The lowest BCUT2D eigenvalue weighted by atomic mass is 9.88. The van der Waals surface area contributed by atoms with Crippen LogP contribution in [0.25, 0.3) is 0 Å². The van der Waals surface area contributed by atoms with Gasteiger partial charge in [-0.05, 0) is 63.0 Å². The fraction of sp³-hybridized carbons (Fsp3) is 0.636. The van der Waals surface area contributed by atoms with Gasteiger partial charge in [-0.15, -0.1) is 0 Å². The standard InChI is InChI=1S/C22H29N5O2/c1-16-17-7-3-4-8-18(17)19(15-23)20(24-16)25-11-13-27(14-12-25)22(29)21(28)26-9-5-2-6-10-26/h2-14H2,1H3. The van der Waals surface area contributed by atoms with Gasteiger partial charge in [0.25, 0.3) is 0 Å². The van der Waals surface area contributed by atoms with Gasteiger partial charge in [0.2, 0.25) is 0 Å². The topological polar surface area (TPSA) is 80.5 Å². The van der Waals surface area contributed by atoms with E-state index in [0.29, 0.717) is 44.8 Å². The Balaban J connectivity index is 1.46. The molecule has 0 bridgehead atoms. The third-order valence-electron chi connectivity index (χ3n) is 6.51. The Labute approximate surface area is 172 Å². The molecule has 7 nitrogen and oxygen atoms in total. The van der Waals surface area contributed by atoms with Gasteiger partial charge in [0.15, 0.2) is 0 Å². The molecule has 1 aliphatic carbocycles. The molecule has 0 radical (unpaired) electrons. The number of piperidine rings is 1. The number of aryl methyl sites for hydroxylation is 1. The van der Waals surface area contributed by atoms with Crippen LogP contribution >= 0.6 is 0 Å². The fourth-order valence-corrected chi connectivity index (χ4v) is 4.83. The lowest BCUT2D eigenvalue weighted by Crippen LogP contribution is -2.54. The second kappa shape index (κ2) is 8.40. The second-order valence-electron chi connectivity index (χ2n) is 8.30. The number of carbonyl (C=O) groups excluding carboxylic acids is 2. The van der Waals surface area contributed by atoms with Crippen molar-refractivity contribution in [3.8, 4) is 6.07 Å². The van der Waals surface area contributed by atoms with Crippen LogP contribution in [0.5, 0.6) is 0 Å². The first-order chi connectivity index (χ1) is 14.1. The molecule has 0 spiro atoms. The third-order valence-corrected chi connectivity index (χ3v) is 6.51. The van der Waals surface area contributed by atoms with Crippen molar-refractivity contribution < 1.29 is 9.59 Å². The van der Waals surface area contributed by atoms with Gasteiger partial charge in [-0.3, -0.25) is 9.59 Å². The first-order valence-electron chi connectivity index (χ1n) is 10.9. The third kappa shape index (κ3) is 3.81. The number of carbonyl (C=O) groups is 2. The Hall–Kier alpha value is -2.62. The zero-order valence-electron chi connectivity index (χ0n) is 17.2. The average Bonchev–Trinajstić information content (AvgIpc) is 2.79. The number of amides is 2. The molecule has 0 atom stereocenters. The summed E-state index contributed by atoms with van der Waals surface area (Å²) in [6, 6.07) is 2.40. The predicted molar refractivity (Wildman–Crippen MR) is 110 cm³/mol. The first-order valence-corrected chi connectivity index (χ1v) is 10.9. The number of hydrogen-bond acceptors (Lipinski definition) is 5. The molecule has 2 aliphatic heterocycles. The molecule has 0 N–H and O–H groups in total. The SMILES string of the molecule is Cc1nc(N2CCN(C(=O)C(=O)N3CCCCC3)CC2)c(C#N)c2c1CCCC2. The van der Waals surface area contributed by atoms with Gasteiger partial charge in [0.05, 0.1) is 5.56 Å². The van der Waals surface area contributed by atoms with Crippen LogP contribution in [0.4, 0.5) is 5.82 Å². The number of anilines is 1. The maximum atomic E-state index is 12.7. The lowest BCUT2D eigenvalue weighted by Gasteiger charge is -2.37. The van der Waals surface area contributed by atoms with Crippen LogP contribution in [0, 0.1) is 18.3 Å². The van der Waals surface area contributed by atoms with Gasteiger partial charge >= 0.3 is 11.8 Å². The van der Waals surface area contributed by atoms with Gasteiger partial charge in [-0.2, -0.15) is 5.26 Å². The number of likely N-dealkylation sites (tertiary alicyclic amines) is 1. The highest BCUT2D eigenvalue weighted by Gasteiger charge is 2.32. The largest absolute Gasteiger partial charge is 0.352 e. The number of nitrogens with zero attached hydrogens (tertiary/aromatic N) is 5. The van der Waals surface area contributed by atoms with Crippen LogP contribution in [0.3, 0.4) is 0 Å². The minimum Gasteiger partial charge on any atom is -0.352 e. The van der Waals surface area contributed by atoms with Crippen LogP contribution < -0.4 is 4.90 Å². The van der Waals surface area contributed by atoms with Crippen molar-refractivity contribution in [3.63, 3.8) is 0 Å². The number of piperazine rings is 1. The van der Waals surface area contributed by atoms with Gasteiger partial charge in [0, 0.05) is 45.0 Å². The Morgan fingerprint density at radius 1 is 0.828 bits per heavy atom. The molecule has 3 aliphatic rings. The lowest BCUT2D eigenvalue weighted by molar-refractivity contribution is -0.152. The van der Waals surface area contributed by atoms with Crippen molar-refractivity contribution in [2.45, 2.75) is 51.9 Å². The van der Waals surface area contributed by atoms with E-state index in [1.165, 1.54) is 11.1 Å². The predicted octanol–water partition coefficient (Wildman–Crippen LogP) is 1.80. The Morgan fingerprint density at radius 2 is 1.41 bits per heavy atom. The zero-order valence-corrected chi connectivity index (χ0v) is 17.2. The van der Waals surface area contributed by atoms with Crippen LogP contribution in [0.15, 0.2) is 0 Å². The Bertz CT molecular complexity index is 846. The smallest absolute Gasteiger partial charge is 0.312 e. The summed E-state index contributed by atoms with van der Waals surface area (Å²) in [4.78, 5) is 35.4. The molecule has 0 aromatic carbocycles. The molecule has 4 rings (SSSR count). The summed E-state index contributed by atoms with van der Waals surface area (Å²) < 4.78 is 0. The fourth-order valence-electron chi connectivity index (χ4n) is 4.83. The van der Waals surface area contributed by atoms with E-state index in [2.05, 4.69) is 11.0 Å². The van der Waals surface area contributed by atoms with E-state index >= 15 is 0 Å². The van der Waals surface area contributed by atoms with Gasteiger partial charge in [-0.1, -0.05) is 0 Å². The van der Waals surface area contributed by atoms with Crippen LogP contribution in [0.1, 0.15) is 54.5 Å². The molecule has 2 saturated heterocycles. The van der Waals surface area contributed by atoms with E-state index < -0.39 is 0 Å². The molecular weight excluding hydrogens is 366 g/mol. The van der Waals surface area contributed by atoms with Gasteiger partial charge in [0.1, 0.15) is 11.9 Å². The van der Waals surface area contributed by atoms with Crippen molar-refractivity contribution in [2.75, 3.05) is 44.2 Å². The molecule has 3 heterocycles. The summed E-state index contributed by atoms with van der Waals surface area (Å²) in [7, 11) is 0. The summed E-state index contributed by atoms with van der Waals surface area (Å²) in [6.07, 6.45) is 7.31. The number of rotatable bonds is 1. The molecule has 1 aromatic heterocycles. The molecule has 0 saturated carbocycles. The summed E-state index contributed by atoms with van der Waals surface area (Å²) in [5, 5.41) is 9.82. The van der Waals surface area contributed by atoms with E-state index in [0.717, 1.165) is 56.5 Å². The van der Waals surface area contributed by atoms with Crippen LogP contribution in [0.2, 0.25) is 0 Å². The minimum absolute atomic E-state index is 0.362. The normalized spacial score (nSPS) is 19.5. The molecule has 29 heavy (non-hydrogen) atoms. The second-order valence-corrected chi connectivity index (χ2v) is 8.30. The summed E-state index contributed by atoms with van der Waals surface area (Å²) in [6.45, 7) is 5.58. The van der Waals surface area contributed by atoms with E-state index in [9.17, 15) is 14.9 Å². The number of nitriles is 1. The molecule has 1 aromatic rings. The van der Waals surface area contributed by atoms with Gasteiger partial charge in [-0.25, -0.2) is 4.98 Å². The van der Waals surface area contributed by atoms with Crippen molar-refractivity contribution in [1.82, 2.24) is 14.8 Å². The molecule has 2 fully saturated rings. The Morgan fingerprint density at radius 3 is 2.03 bits per heavy atom. The van der Waals surface area contributed by atoms with Crippen LogP contribution in [-0.2, 0) is 22.4 Å². The minimum atomic E-state index is -0.387. The molecule has 0 unspecified atom stereocenters. The summed E-state index contributed by atoms with van der Waals surface area (Å²) in [5.41, 5.74) is 4.14. The highest BCUT2D eigenvalue weighted by Crippen LogP contribution is 2.32. The van der Waals surface area contributed by atoms with E-state index in [1.807, 2.05) is 6.92 Å². The van der Waals surface area contributed by atoms with Crippen molar-refractivity contribution in [3.05, 3.63) is 22.4 Å². The highest BCUT2D eigenvalue weighted by atomic mass is 16.2. The maximum absolute atomic E-state index is 12.7. The average molecular weight is 396 g/mol. The van der Waals surface area contributed by atoms with Crippen molar-refractivity contribution in [2.24, 2.45) is 0 Å². The van der Waals surface area contributed by atoms with Crippen molar-refractivity contribution in [1.29, 1.82) is 5.26 Å². The number of pyridine rings is 1. The molecular formula is C22H29N5O2. The van der Waals surface area contributed by atoms with E-state index in [1.54, 1.807) is 9.80 Å². The molecule has 7 heteroatoms. The van der Waals surface area contributed by atoms with Crippen LogP contribution in [-0.4, -0.2) is 65.9 Å². The monoisotopic (exact) mass is 395 g/mol. The summed E-state index contributed by atoms with van der Waals surface area (Å²) in [5.74, 6) is 0.000331. The first kappa shape index (κ1) is 19.7. The van der Waals surface area contributed by atoms with E-state index in [4.69, 9.17) is 4.98 Å². The zero-order chi connectivity index (χ0) is 20.4. The quantitative estimate of drug-likeness (QED) is 0.678. The summed E-state index contributed by atoms with van der Waals surface area (Å²) >= 11 is 0. The number of hydrogen-bond donors (Lipinski definition) is 0. The van der Waals surface area contributed by atoms with E-state index in [-0.39, 0.29) is 11.8 Å². The van der Waals surface area contributed by atoms with Gasteiger partial charge < -0.3 is 14.7 Å². The van der Waals surface area contributed by atoms with Crippen molar-refractivity contribution >= 4 is 17.6 Å².